The van der Waals surface area contributed by atoms with Gasteiger partial charge in [0.25, 0.3) is 0 Å². The summed E-state index contributed by atoms with van der Waals surface area (Å²) in [6.07, 6.45) is 14.7. The van der Waals surface area contributed by atoms with Crippen LogP contribution in [0.1, 0.15) is 22.5 Å². The van der Waals surface area contributed by atoms with E-state index >= 15 is 0 Å². The van der Waals surface area contributed by atoms with E-state index in [0.717, 1.165) is 52.1 Å². The summed E-state index contributed by atoms with van der Waals surface area (Å²) < 4.78 is 11.2. The highest BCUT2D eigenvalue weighted by atomic mass is 35.5. The van der Waals surface area contributed by atoms with Crippen LogP contribution in [0.4, 0.5) is 17.1 Å². The number of para-hydroxylation sites is 1. The fraction of sp³-hybridized carbons (Fsp3) is 0.182. The largest absolute Gasteiger partial charge is 0.497 e. The number of methoxy groups -OCH3 is 1. The summed E-state index contributed by atoms with van der Waals surface area (Å²) in [6, 6.07) is 40.0. The van der Waals surface area contributed by atoms with E-state index in [1.165, 1.54) is 11.3 Å². The Bertz CT molecular complexity index is 2190. The number of pyridine rings is 3. The first-order chi connectivity index (χ1) is 26.7. The van der Waals surface area contributed by atoms with Gasteiger partial charge in [-0.25, -0.2) is 13.7 Å². The number of fused-ring (bicyclic) bond motifs is 1. The minimum Gasteiger partial charge on any atom is -0.497 e. The number of benzene rings is 3. The zero-order valence-electron chi connectivity index (χ0n) is 32.3. The number of anilines is 3. The van der Waals surface area contributed by atoms with Crippen molar-refractivity contribution >= 4 is 47.3 Å². The SMILES string of the molecule is CN(N=Cc1cccc[n+]1C)c1ccc(Cl)cc1.COc1ccc(N(C)N=Cc2cc[n+](C)cc2)cc1.C[n+]1ccccc1C=NN1CCc2ccccc21. The molecule has 1 aliphatic rings. The molecule has 3 aromatic carbocycles. The first kappa shape index (κ1) is 39.8. The van der Waals surface area contributed by atoms with Crippen LogP contribution in [0.3, 0.4) is 0 Å². The van der Waals surface area contributed by atoms with Crippen LogP contribution in [-0.2, 0) is 27.6 Å². The number of aromatic nitrogens is 3. The maximum absolute atomic E-state index is 5.85. The minimum absolute atomic E-state index is 0.727. The molecule has 280 valence electrons. The van der Waals surface area contributed by atoms with E-state index in [9.17, 15) is 0 Å². The molecule has 0 atom stereocenters. The van der Waals surface area contributed by atoms with E-state index in [2.05, 4.69) is 55.2 Å². The molecule has 0 bridgehead atoms. The molecule has 11 heteroatoms. The monoisotopic (exact) mass is 754 g/mol. The van der Waals surface area contributed by atoms with Gasteiger partial charge in [0, 0.05) is 67.6 Å². The molecule has 0 radical (unpaired) electrons. The Balaban J connectivity index is 0.000000158. The quantitative estimate of drug-likeness (QED) is 0.0957. The summed E-state index contributed by atoms with van der Waals surface area (Å²) in [5.41, 5.74) is 7.82. The van der Waals surface area contributed by atoms with Crippen LogP contribution >= 0.6 is 11.6 Å². The summed E-state index contributed by atoms with van der Waals surface area (Å²) >= 11 is 5.85. The fourth-order valence-electron chi connectivity index (χ4n) is 5.40. The average Bonchev–Trinajstić information content (AvgIpc) is 3.63. The molecule has 0 aliphatic carbocycles. The fourth-order valence-corrected chi connectivity index (χ4v) is 5.52. The number of ether oxygens (including phenoxy) is 1. The Morgan fingerprint density at radius 3 is 1.78 bits per heavy atom. The lowest BCUT2D eigenvalue weighted by Gasteiger charge is -2.12. The highest BCUT2D eigenvalue weighted by molar-refractivity contribution is 6.30. The van der Waals surface area contributed by atoms with Gasteiger partial charge in [-0.2, -0.15) is 15.3 Å². The molecule has 55 heavy (non-hydrogen) atoms. The summed E-state index contributed by atoms with van der Waals surface area (Å²) in [7, 11) is 11.5. The lowest BCUT2D eigenvalue weighted by molar-refractivity contribution is -0.672. The van der Waals surface area contributed by atoms with E-state index in [4.69, 9.17) is 16.3 Å². The Morgan fingerprint density at radius 2 is 1.18 bits per heavy atom. The number of aryl methyl sites for hydroxylation is 3. The predicted octanol–water partition coefficient (Wildman–Crippen LogP) is 6.53. The molecule has 0 N–H and O–H groups in total. The molecule has 0 saturated carbocycles. The third-order valence-electron chi connectivity index (χ3n) is 8.78. The second kappa shape index (κ2) is 20.2. The predicted molar refractivity (Wildman–Crippen MR) is 224 cm³/mol. The molecule has 0 fully saturated rings. The van der Waals surface area contributed by atoms with Crippen molar-refractivity contribution in [2.24, 2.45) is 36.4 Å². The molecular formula is C44H49ClN9O+3. The van der Waals surface area contributed by atoms with Crippen molar-refractivity contribution in [1.82, 2.24) is 0 Å². The van der Waals surface area contributed by atoms with Crippen LogP contribution in [0.25, 0.3) is 0 Å². The van der Waals surface area contributed by atoms with Gasteiger partial charge >= 0.3 is 0 Å². The molecule has 0 saturated heterocycles. The van der Waals surface area contributed by atoms with Crippen LogP contribution in [0.5, 0.6) is 5.75 Å². The minimum atomic E-state index is 0.727. The van der Waals surface area contributed by atoms with Crippen LogP contribution in [0.2, 0.25) is 5.02 Å². The van der Waals surface area contributed by atoms with Crippen LogP contribution in [0.15, 0.2) is 161 Å². The van der Waals surface area contributed by atoms with Gasteiger partial charge in [-0.15, -0.1) is 0 Å². The van der Waals surface area contributed by atoms with Gasteiger partial charge in [-0.3, -0.25) is 15.0 Å². The number of rotatable bonds is 9. The van der Waals surface area contributed by atoms with Gasteiger partial charge in [0.2, 0.25) is 11.4 Å². The van der Waals surface area contributed by atoms with E-state index < -0.39 is 0 Å². The summed E-state index contributed by atoms with van der Waals surface area (Å²) in [6.45, 7) is 0.965. The van der Waals surface area contributed by atoms with Gasteiger partial charge in [0.05, 0.1) is 30.4 Å². The number of nitrogens with zero attached hydrogens (tertiary/aromatic N) is 9. The summed E-state index contributed by atoms with van der Waals surface area (Å²) in [4.78, 5) is 0. The Labute approximate surface area is 329 Å². The molecule has 4 heterocycles. The average molecular weight is 755 g/mol. The highest BCUT2D eigenvalue weighted by Gasteiger charge is 2.17. The van der Waals surface area contributed by atoms with Gasteiger partial charge in [0.1, 0.15) is 39.3 Å². The first-order valence-electron chi connectivity index (χ1n) is 17.9. The lowest BCUT2D eigenvalue weighted by Crippen LogP contribution is -2.32. The number of hydrogen-bond donors (Lipinski definition) is 0. The summed E-state index contributed by atoms with van der Waals surface area (Å²) in [5, 5.41) is 19.8. The second-order valence-corrected chi connectivity index (χ2v) is 13.2. The van der Waals surface area contributed by atoms with Gasteiger partial charge in [-0.05, 0) is 78.7 Å². The molecule has 6 aromatic rings. The van der Waals surface area contributed by atoms with E-state index in [-0.39, 0.29) is 0 Å². The molecule has 0 unspecified atom stereocenters. The smallest absolute Gasteiger partial charge is 0.225 e. The molecule has 0 amide bonds. The topological polar surface area (TPSA) is 67.7 Å². The third kappa shape index (κ3) is 12.1. The van der Waals surface area contributed by atoms with Crippen molar-refractivity contribution in [1.29, 1.82) is 0 Å². The van der Waals surface area contributed by atoms with Crippen molar-refractivity contribution in [3.63, 3.8) is 0 Å². The third-order valence-corrected chi connectivity index (χ3v) is 9.03. The molecule has 3 aromatic heterocycles. The Hall–Kier alpha value is -6.39. The van der Waals surface area contributed by atoms with Crippen molar-refractivity contribution in [2.75, 3.05) is 42.8 Å². The van der Waals surface area contributed by atoms with Crippen LogP contribution in [0, 0.1) is 0 Å². The molecule has 7 rings (SSSR count). The van der Waals surface area contributed by atoms with Gasteiger partial charge in [0.15, 0.2) is 24.8 Å². The normalized spacial score (nSPS) is 11.9. The van der Waals surface area contributed by atoms with E-state index in [1.807, 2.05) is 189 Å². The molecular weight excluding hydrogens is 706 g/mol. The molecule has 10 nitrogen and oxygen atoms in total. The van der Waals surface area contributed by atoms with Crippen LogP contribution in [-0.4, -0.2) is 46.4 Å². The highest BCUT2D eigenvalue weighted by Crippen LogP contribution is 2.27. The zero-order valence-corrected chi connectivity index (χ0v) is 33.1. The lowest BCUT2D eigenvalue weighted by atomic mass is 10.2. The van der Waals surface area contributed by atoms with Crippen molar-refractivity contribution in [3.05, 3.63) is 174 Å². The first-order valence-corrected chi connectivity index (χ1v) is 18.3. The van der Waals surface area contributed by atoms with Crippen molar-refractivity contribution in [3.8, 4) is 5.75 Å². The maximum Gasteiger partial charge on any atom is 0.225 e. The summed E-state index contributed by atoms with van der Waals surface area (Å²) in [5.74, 6) is 0.844. The standard InChI is InChI=1S/C15H18N3O.C15H16N3.C14H15ClN3/c1-17-10-8-13(9-11-17)12-16-18(2)14-4-6-15(19-3)7-5-14;1-17-10-5-4-7-14(17)12-16-18-11-9-13-6-2-3-8-15(13)18;1-17-10-4-3-5-14(17)11-16-18(2)13-8-6-12(15)7-9-13/h4-12H,1-3H3;2-8,10,12H,9,11H2,1H3;3-11H,1-2H3/q3*+1. The zero-order chi connectivity index (χ0) is 39.0. The number of halogens is 1. The number of hydrogen-bond acceptors (Lipinski definition) is 7. The van der Waals surface area contributed by atoms with Crippen molar-refractivity contribution < 1.29 is 18.4 Å². The second-order valence-electron chi connectivity index (χ2n) is 12.7. The van der Waals surface area contributed by atoms with E-state index in [0.29, 0.717) is 0 Å². The van der Waals surface area contributed by atoms with Crippen molar-refractivity contribution in [2.45, 2.75) is 6.42 Å². The maximum atomic E-state index is 5.85. The molecule has 0 spiro atoms. The van der Waals surface area contributed by atoms with Crippen LogP contribution < -0.4 is 33.5 Å². The van der Waals surface area contributed by atoms with Gasteiger partial charge < -0.3 is 4.74 Å². The Kier molecular flexibility index (Phi) is 14.6. The Morgan fingerprint density at radius 1 is 0.636 bits per heavy atom. The van der Waals surface area contributed by atoms with E-state index in [1.54, 1.807) is 7.11 Å². The van der Waals surface area contributed by atoms with Gasteiger partial charge in [-0.1, -0.05) is 29.8 Å². The molecule has 1 aliphatic heterocycles. The number of hydrazone groups is 3.